The standard InChI is InChI=1S/C77H141NO8/c1-7-11-15-19-23-27-31-35-39-43-47-51-55-59-63-67-73(79)83-72(71-78(5)6)77(84-74(80)68-64-60-56-52-48-44-40-36-32-28-24-20-16-12-8-2,85-75(81)69-65-61-57-53-49-45-41-37-33-29-25-21-17-13-9-3)86-76(82)70-66-62-58-54-50-46-42-38-34-30-26-22-18-14-10-4/h35-42,72H,7-34,43-71H2,1-6H3/b39-35-,40-36-,41-37-,42-38-. The van der Waals surface area contributed by atoms with Gasteiger partial charge in [-0.15, -0.1) is 0 Å². The molecule has 0 rings (SSSR count). The molecular weight excluding hydrogens is 1070 g/mol. The summed E-state index contributed by atoms with van der Waals surface area (Å²) in [5.41, 5.74) is 0. The van der Waals surface area contributed by atoms with Crippen molar-refractivity contribution in [3.05, 3.63) is 48.6 Å². The highest BCUT2D eigenvalue weighted by atomic mass is 16.9. The minimum atomic E-state index is -2.57. The van der Waals surface area contributed by atoms with Crippen LogP contribution in [0.15, 0.2) is 48.6 Å². The van der Waals surface area contributed by atoms with Gasteiger partial charge in [-0.3, -0.25) is 19.2 Å². The van der Waals surface area contributed by atoms with Crippen LogP contribution in [0.5, 0.6) is 0 Å². The normalized spacial score (nSPS) is 12.5. The predicted molar refractivity (Wildman–Crippen MR) is 367 cm³/mol. The molecule has 502 valence electrons. The number of nitrogens with zero attached hydrogens (tertiary/aromatic N) is 1. The third-order valence-corrected chi connectivity index (χ3v) is 16.5. The zero-order chi connectivity index (χ0) is 62.8. The molecule has 0 N–H and O–H groups in total. The number of esters is 4. The van der Waals surface area contributed by atoms with Crippen molar-refractivity contribution in [3.63, 3.8) is 0 Å². The Morgan fingerprint density at radius 2 is 0.465 bits per heavy atom. The van der Waals surface area contributed by atoms with E-state index in [2.05, 4.69) is 76.3 Å². The molecule has 1 unspecified atom stereocenters. The van der Waals surface area contributed by atoms with Crippen molar-refractivity contribution in [2.45, 2.75) is 399 Å². The molecule has 0 aromatic heterocycles. The lowest BCUT2D eigenvalue weighted by molar-refractivity contribution is -0.365. The van der Waals surface area contributed by atoms with Crippen LogP contribution in [0.2, 0.25) is 0 Å². The van der Waals surface area contributed by atoms with Crippen molar-refractivity contribution >= 4 is 23.9 Å². The zero-order valence-corrected chi connectivity index (χ0v) is 57.7. The molecule has 0 aliphatic carbocycles. The van der Waals surface area contributed by atoms with E-state index in [0.29, 0.717) is 25.7 Å². The Labute approximate surface area is 533 Å². The Bertz CT molecular complexity index is 1490. The molecule has 0 bridgehead atoms. The van der Waals surface area contributed by atoms with Gasteiger partial charge in [-0.1, -0.05) is 282 Å². The molecule has 0 heterocycles. The monoisotopic (exact) mass is 1210 g/mol. The van der Waals surface area contributed by atoms with E-state index in [9.17, 15) is 19.2 Å². The molecule has 0 aliphatic heterocycles. The van der Waals surface area contributed by atoms with Crippen LogP contribution in [-0.2, 0) is 38.1 Å². The van der Waals surface area contributed by atoms with Crippen LogP contribution in [0.1, 0.15) is 387 Å². The van der Waals surface area contributed by atoms with Gasteiger partial charge in [-0.25, -0.2) is 0 Å². The van der Waals surface area contributed by atoms with Crippen molar-refractivity contribution in [2.24, 2.45) is 0 Å². The Morgan fingerprint density at radius 3 is 0.674 bits per heavy atom. The van der Waals surface area contributed by atoms with Gasteiger partial charge in [0.25, 0.3) is 0 Å². The molecule has 86 heavy (non-hydrogen) atoms. The lowest BCUT2D eigenvalue weighted by atomic mass is 10.1. The van der Waals surface area contributed by atoms with E-state index in [0.717, 1.165) is 154 Å². The summed E-state index contributed by atoms with van der Waals surface area (Å²) in [6.07, 6.45) is 76.4. The molecule has 0 aromatic rings. The summed E-state index contributed by atoms with van der Waals surface area (Å²) in [4.78, 5) is 57.9. The molecular formula is C77H141NO8. The summed E-state index contributed by atoms with van der Waals surface area (Å²) in [7, 11) is 3.62. The van der Waals surface area contributed by atoms with Gasteiger partial charge >= 0.3 is 29.9 Å². The molecule has 0 saturated heterocycles. The number of allylic oxidation sites excluding steroid dienone is 8. The van der Waals surface area contributed by atoms with Crippen LogP contribution in [-0.4, -0.2) is 61.5 Å². The number of likely N-dealkylation sites (N-methyl/N-ethyl adjacent to an activating group) is 1. The largest absolute Gasteiger partial charge is 0.464 e. The van der Waals surface area contributed by atoms with Gasteiger partial charge in [-0.05, 0) is 143 Å². The first-order valence-electron chi connectivity index (χ1n) is 37.2. The lowest BCUT2D eigenvalue weighted by Gasteiger charge is -2.37. The number of hydrogen-bond acceptors (Lipinski definition) is 9. The first kappa shape index (κ1) is 82.8. The SMILES string of the molecule is CCCCCCCC/C=C\CCCCCCCC(=O)OC(CN(C)C)C(OC(=O)CCCCCCC/C=C\CCCCCCCC)(OC(=O)CCCCCCC/C=C\CCCCCCCC)OC(=O)CCCCCCC/C=C\CCCCCCCC. The molecule has 9 heteroatoms. The van der Waals surface area contributed by atoms with Crippen LogP contribution in [0.4, 0.5) is 0 Å². The van der Waals surface area contributed by atoms with Crippen LogP contribution in [0, 0.1) is 0 Å². The molecule has 0 fully saturated rings. The fourth-order valence-corrected chi connectivity index (χ4v) is 11.0. The molecule has 0 spiro atoms. The fourth-order valence-electron chi connectivity index (χ4n) is 11.0. The average Bonchev–Trinajstić information content (AvgIpc) is 3.41. The smallest absolute Gasteiger partial charge is 0.448 e. The summed E-state index contributed by atoms with van der Waals surface area (Å²) < 4.78 is 24.8. The first-order valence-corrected chi connectivity index (χ1v) is 37.2. The van der Waals surface area contributed by atoms with E-state index in [4.69, 9.17) is 18.9 Å². The fraction of sp³-hybridized carbons (Fsp3) is 0.844. The van der Waals surface area contributed by atoms with Crippen LogP contribution in [0.25, 0.3) is 0 Å². The van der Waals surface area contributed by atoms with E-state index >= 15 is 0 Å². The van der Waals surface area contributed by atoms with Gasteiger partial charge in [0.05, 0.1) is 0 Å². The number of carbonyl (C=O) groups is 4. The molecule has 0 radical (unpaired) electrons. The Hall–Kier alpha value is -3.20. The van der Waals surface area contributed by atoms with Crippen LogP contribution in [0.3, 0.4) is 0 Å². The second kappa shape index (κ2) is 66.2. The van der Waals surface area contributed by atoms with Crippen molar-refractivity contribution in [2.75, 3.05) is 20.6 Å². The maximum Gasteiger partial charge on any atom is 0.464 e. The van der Waals surface area contributed by atoms with E-state index in [1.54, 1.807) is 4.90 Å². The average molecular weight is 1210 g/mol. The Morgan fingerprint density at radius 1 is 0.279 bits per heavy atom. The van der Waals surface area contributed by atoms with E-state index < -0.39 is 36.0 Å². The summed E-state index contributed by atoms with van der Waals surface area (Å²) in [5.74, 6) is -5.03. The topological polar surface area (TPSA) is 108 Å². The summed E-state index contributed by atoms with van der Waals surface area (Å²) in [6, 6.07) is 0. The maximum atomic E-state index is 14.1. The van der Waals surface area contributed by atoms with Crippen molar-refractivity contribution in [3.8, 4) is 0 Å². The predicted octanol–water partition coefficient (Wildman–Crippen LogP) is 23.9. The number of carbonyl (C=O) groups excluding carboxylic acids is 4. The van der Waals surface area contributed by atoms with Crippen molar-refractivity contribution in [1.29, 1.82) is 0 Å². The summed E-state index contributed by atoms with van der Waals surface area (Å²) >= 11 is 0. The quantitative estimate of drug-likeness (QED) is 0.0255. The third kappa shape index (κ3) is 58.5. The zero-order valence-electron chi connectivity index (χ0n) is 57.7. The Balaban J connectivity index is 6.00. The van der Waals surface area contributed by atoms with E-state index in [1.165, 1.54) is 154 Å². The van der Waals surface area contributed by atoms with E-state index in [1.807, 2.05) is 14.1 Å². The van der Waals surface area contributed by atoms with Gasteiger partial charge < -0.3 is 23.8 Å². The second-order valence-corrected chi connectivity index (χ2v) is 25.6. The summed E-state index contributed by atoms with van der Waals surface area (Å²) in [6.45, 7) is 9.04. The van der Waals surface area contributed by atoms with Gasteiger partial charge in [-0.2, -0.15) is 0 Å². The number of unbranched alkanes of at least 4 members (excludes halogenated alkanes) is 44. The Kier molecular flexibility index (Phi) is 63.8. The van der Waals surface area contributed by atoms with Crippen LogP contribution < -0.4 is 0 Å². The van der Waals surface area contributed by atoms with Crippen molar-refractivity contribution in [1.82, 2.24) is 4.90 Å². The molecule has 0 saturated carbocycles. The van der Waals surface area contributed by atoms with Gasteiger partial charge in [0.2, 0.25) is 6.10 Å². The lowest BCUT2D eigenvalue weighted by Crippen LogP contribution is -2.58. The third-order valence-electron chi connectivity index (χ3n) is 16.5. The van der Waals surface area contributed by atoms with Gasteiger partial charge in [0.1, 0.15) is 0 Å². The van der Waals surface area contributed by atoms with E-state index in [-0.39, 0.29) is 32.2 Å². The molecule has 0 aliphatic rings. The first-order chi connectivity index (χ1) is 42.1. The van der Waals surface area contributed by atoms with Gasteiger partial charge in [0.15, 0.2) is 0 Å². The molecule has 0 aromatic carbocycles. The number of hydrogen-bond donors (Lipinski definition) is 0. The van der Waals surface area contributed by atoms with Crippen molar-refractivity contribution < 1.29 is 38.1 Å². The molecule has 0 amide bonds. The minimum absolute atomic E-state index is 0.000169. The van der Waals surface area contributed by atoms with Crippen LogP contribution >= 0.6 is 0 Å². The second-order valence-electron chi connectivity index (χ2n) is 25.6. The highest BCUT2D eigenvalue weighted by Gasteiger charge is 2.54. The minimum Gasteiger partial charge on any atom is -0.448 e. The molecule has 9 nitrogen and oxygen atoms in total. The number of rotatable bonds is 67. The molecule has 1 atom stereocenters. The highest BCUT2D eigenvalue weighted by molar-refractivity contribution is 5.75. The highest BCUT2D eigenvalue weighted by Crippen LogP contribution is 2.29. The number of ether oxygens (including phenoxy) is 4. The maximum absolute atomic E-state index is 14.1. The summed E-state index contributed by atoms with van der Waals surface area (Å²) in [5, 5.41) is 0. The van der Waals surface area contributed by atoms with Gasteiger partial charge in [0, 0.05) is 32.2 Å².